The predicted octanol–water partition coefficient (Wildman–Crippen LogP) is 3.13. The molecule has 0 saturated heterocycles. The fourth-order valence-corrected chi connectivity index (χ4v) is 2.61. The number of hydrogen-bond acceptors (Lipinski definition) is 3. The van der Waals surface area contributed by atoms with Gasteiger partial charge in [-0.2, -0.15) is 0 Å². The standard InChI is InChI=1S/C19H21NO4/c1-13(15-10-6-7-11-16(15)24-2)12-17(21)20-18(19(22)23)14-8-4-3-5-9-14/h3-11,13,18H,12H2,1-2H3,(H,20,21)(H,22,23)/t13?,18-/m1/s1. The van der Waals surface area contributed by atoms with Crippen LogP contribution in [-0.4, -0.2) is 24.1 Å². The second-order valence-electron chi connectivity index (χ2n) is 5.60. The van der Waals surface area contributed by atoms with Gasteiger partial charge in [-0.15, -0.1) is 0 Å². The molecule has 2 aromatic rings. The zero-order valence-electron chi connectivity index (χ0n) is 13.7. The summed E-state index contributed by atoms with van der Waals surface area (Å²) in [4.78, 5) is 23.8. The molecule has 1 amide bonds. The molecule has 2 N–H and O–H groups in total. The first-order valence-corrected chi connectivity index (χ1v) is 7.73. The number of carbonyl (C=O) groups is 2. The molecule has 0 spiro atoms. The van der Waals surface area contributed by atoms with Crippen molar-refractivity contribution < 1.29 is 19.4 Å². The van der Waals surface area contributed by atoms with Crippen LogP contribution in [0.25, 0.3) is 0 Å². The lowest BCUT2D eigenvalue weighted by Crippen LogP contribution is -2.34. The van der Waals surface area contributed by atoms with Crippen LogP contribution in [0.1, 0.15) is 36.4 Å². The van der Waals surface area contributed by atoms with Crippen molar-refractivity contribution in [3.05, 3.63) is 65.7 Å². The summed E-state index contributed by atoms with van der Waals surface area (Å²) in [6.45, 7) is 1.91. The molecule has 2 aromatic carbocycles. The third kappa shape index (κ3) is 4.35. The molecule has 0 aliphatic carbocycles. The number of hydrogen-bond donors (Lipinski definition) is 2. The molecule has 2 atom stereocenters. The molecule has 0 heterocycles. The van der Waals surface area contributed by atoms with Gasteiger partial charge in [0.1, 0.15) is 5.75 Å². The van der Waals surface area contributed by atoms with Crippen molar-refractivity contribution >= 4 is 11.9 Å². The number of ether oxygens (including phenoxy) is 1. The third-order valence-corrected chi connectivity index (χ3v) is 3.85. The number of rotatable bonds is 7. The van der Waals surface area contributed by atoms with Gasteiger partial charge in [-0.3, -0.25) is 4.79 Å². The van der Waals surface area contributed by atoms with Crippen molar-refractivity contribution in [1.29, 1.82) is 0 Å². The van der Waals surface area contributed by atoms with Crippen molar-refractivity contribution in [3.8, 4) is 5.75 Å². The predicted molar refractivity (Wildman–Crippen MR) is 91.0 cm³/mol. The summed E-state index contributed by atoms with van der Waals surface area (Å²) in [6, 6.07) is 15.1. The number of benzene rings is 2. The maximum Gasteiger partial charge on any atom is 0.330 e. The van der Waals surface area contributed by atoms with Crippen molar-refractivity contribution in [2.75, 3.05) is 7.11 Å². The Morgan fingerprint density at radius 1 is 1.08 bits per heavy atom. The Balaban J connectivity index is 2.07. The van der Waals surface area contributed by atoms with Gasteiger partial charge in [-0.05, 0) is 23.1 Å². The van der Waals surface area contributed by atoms with E-state index in [1.165, 1.54) is 0 Å². The lowest BCUT2D eigenvalue weighted by molar-refractivity contribution is -0.142. The van der Waals surface area contributed by atoms with Crippen LogP contribution in [0.2, 0.25) is 0 Å². The number of carbonyl (C=O) groups excluding carboxylic acids is 1. The topological polar surface area (TPSA) is 75.6 Å². The second kappa shape index (κ2) is 8.15. The normalized spacial score (nSPS) is 12.9. The average molecular weight is 327 g/mol. The monoisotopic (exact) mass is 327 g/mol. The summed E-state index contributed by atoms with van der Waals surface area (Å²) in [5.74, 6) is -0.772. The highest BCUT2D eigenvalue weighted by atomic mass is 16.5. The third-order valence-electron chi connectivity index (χ3n) is 3.85. The van der Waals surface area contributed by atoms with E-state index in [-0.39, 0.29) is 18.2 Å². The number of nitrogens with one attached hydrogen (secondary N) is 1. The fraction of sp³-hybridized carbons (Fsp3) is 0.263. The van der Waals surface area contributed by atoms with E-state index < -0.39 is 12.0 Å². The summed E-state index contributed by atoms with van der Waals surface area (Å²) >= 11 is 0. The number of carboxylic acids is 1. The molecule has 0 aliphatic heterocycles. The van der Waals surface area contributed by atoms with Crippen LogP contribution in [0.5, 0.6) is 5.75 Å². The Kier molecular flexibility index (Phi) is 5.95. The molecular weight excluding hydrogens is 306 g/mol. The van der Waals surface area contributed by atoms with Crippen LogP contribution < -0.4 is 10.1 Å². The first kappa shape index (κ1) is 17.5. The molecule has 0 aromatic heterocycles. The van der Waals surface area contributed by atoms with Crippen LogP contribution in [0.3, 0.4) is 0 Å². The van der Waals surface area contributed by atoms with Gasteiger partial charge in [0.2, 0.25) is 5.91 Å². The molecule has 2 rings (SSSR count). The largest absolute Gasteiger partial charge is 0.496 e. The van der Waals surface area contributed by atoms with E-state index in [4.69, 9.17) is 4.74 Å². The summed E-state index contributed by atoms with van der Waals surface area (Å²) in [7, 11) is 1.58. The van der Waals surface area contributed by atoms with Crippen LogP contribution in [0, 0.1) is 0 Å². The molecular formula is C19H21NO4. The summed E-state index contributed by atoms with van der Waals surface area (Å²) in [5.41, 5.74) is 1.46. The first-order chi connectivity index (χ1) is 11.5. The highest BCUT2D eigenvalue weighted by molar-refractivity contribution is 5.85. The first-order valence-electron chi connectivity index (χ1n) is 7.73. The molecule has 1 unspecified atom stereocenters. The molecule has 0 aliphatic rings. The Labute approximate surface area is 141 Å². The maximum atomic E-state index is 12.3. The van der Waals surface area contributed by atoms with E-state index in [0.29, 0.717) is 5.56 Å². The molecule has 0 saturated carbocycles. The van der Waals surface area contributed by atoms with E-state index in [2.05, 4.69) is 5.32 Å². The lowest BCUT2D eigenvalue weighted by atomic mass is 9.96. The fourth-order valence-electron chi connectivity index (χ4n) is 2.61. The quantitative estimate of drug-likeness (QED) is 0.819. The minimum absolute atomic E-state index is 0.0913. The average Bonchev–Trinajstić information content (AvgIpc) is 2.60. The van der Waals surface area contributed by atoms with Gasteiger partial charge in [-0.25, -0.2) is 4.79 Å². The molecule has 24 heavy (non-hydrogen) atoms. The van der Waals surface area contributed by atoms with E-state index in [9.17, 15) is 14.7 Å². The Morgan fingerprint density at radius 2 is 1.71 bits per heavy atom. The van der Waals surface area contributed by atoms with Gasteiger partial charge in [0.25, 0.3) is 0 Å². The van der Waals surface area contributed by atoms with Crippen LogP contribution in [0.15, 0.2) is 54.6 Å². The SMILES string of the molecule is COc1ccccc1C(C)CC(=O)N[C@@H](C(=O)O)c1ccccc1. The number of para-hydroxylation sites is 1. The highest BCUT2D eigenvalue weighted by Crippen LogP contribution is 2.28. The van der Waals surface area contributed by atoms with Crippen molar-refractivity contribution in [2.24, 2.45) is 0 Å². The molecule has 0 bridgehead atoms. The number of amides is 1. The number of carboxylic acid groups (broad SMARTS) is 1. The van der Waals surface area contributed by atoms with Crippen LogP contribution >= 0.6 is 0 Å². The Hall–Kier alpha value is -2.82. The van der Waals surface area contributed by atoms with Gasteiger partial charge < -0.3 is 15.2 Å². The zero-order chi connectivity index (χ0) is 17.5. The number of aliphatic carboxylic acids is 1. The van der Waals surface area contributed by atoms with Crippen molar-refractivity contribution in [2.45, 2.75) is 25.3 Å². The van der Waals surface area contributed by atoms with Gasteiger partial charge in [0.15, 0.2) is 6.04 Å². The van der Waals surface area contributed by atoms with E-state index in [1.54, 1.807) is 37.4 Å². The summed E-state index contributed by atoms with van der Waals surface area (Å²) in [5, 5.41) is 12.0. The van der Waals surface area contributed by atoms with Crippen LogP contribution in [-0.2, 0) is 9.59 Å². The van der Waals surface area contributed by atoms with Gasteiger partial charge in [-0.1, -0.05) is 55.5 Å². The maximum absolute atomic E-state index is 12.3. The zero-order valence-corrected chi connectivity index (χ0v) is 13.7. The Morgan fingerprint density at radius 3 is 2.33 bits per heavy atom. The Bertz CT molecular complexity index is 700. The van der Waals surface area contributed by atoms with Crippen LogP contribution in [0.4, 0.5) is 0 Å². The second-order valence-corrected chi connectivity index (χ2v) is 5.60. The highest BCUT2D eigenvalue weighted by Gasteiger charge is 2.23. The molecule has 5 nitrogen and oxygen atoms in total. The van der Waals surface area contributed by atoms with Crippen molar-refractivity contribution in [1.82, 2.24) is 5.32 Å². The molecule has 5 heteroatoms. The summed E-state index contributed by atoms with van der Waals surface area (Å²) in [6.07, 6.45) is 0.178. The van der Waals surface area contributed by atoms with E-state index in [0.717, 1.165) is 11.3 Å². The molecule has 0 radical (unpaired) electrons. The van der Waals surface area contributed by atoms with E-state index in [1.807, 2.05) is 31.2 Å². The minimum atomic E-state index is -1.08. The minimum Gasteiger partial charge on any atom is -0.496 e. The smallest absolute Gasteiger partial charge is 0.330 e. The summed E-state index contributed by atoms with van der Waals surface area (Å²) < 4.78 is 5.31. The van der Waals surface area contributed by atoms with Gasteiger partial charge >= 0.3 is 5.97 Å². The van der Waals surface area contributed by atoms with Gasteiger partial charge in [0, 0.05) is 6.42 Å². The van der Waals surface area contributed by atoms with Crippen molar-refractivity contribution in [3.63, 3.8) is 0 Å². The molecule has 126 valence electrons. The van der Waals surface area contributed by atoms with Gasteiger partial charge in [0.05, 0.1) is 7.11 Å². The lowest BCUT2D eigenvalue weighted by Gasteiger charge is -2.18. The van der Waals surface area contributed by atoms with E-state index >= 15 is 0 Å². The number of methoxy groups -OCH3 is 1. The molecule has 0 fully saturated rings.